The third-order valence-electron chi connectivity index (χ3n) is 2.03. The molecule has 0 aromatic carbocycles. The number of rotatable bonds is 7. The van der Waals surface area contributed by atoms with E-state index in [9.17, 15) is 9.59 Å². The van der Waals surface area contributed by atoms with E-state index in [-0.39, 0.29) is 17.0 Å². The first-order valence-corrected chi connectivity index (χ1v) is 6.40. The van der Waals surface area contributed by atoms with E-state index in [2.05, 4.69) is 0 Å². The number of esters is 1. The minimum absolute atomic E-state index is 0.0400. The van der Waals surface area contributed by atoms with Crippen molar-refractivity contribution in [3.05, 3.63) is 0 Å². The van der Waals surface area contributed by atoms with Crippen LogP contribution in [0.2, 0.25) is 0 Å². The van der Waals surface area contributed by atoms with Crippen molar-refractivity contribution in [2.45, 2.75) is 40.0 Å². The van der Waals surface area contributed by atoms with E-state index in [1.165, 1.54) is 11.8 Å². The number of hydrogen-bond acceptors (Lipinski definition) is 4. The molecule has 0 bridgehead atoms. The molecular formula is C11H20O3S. The predicted molar refractivity (Wildman–Crippen MR) is 62.8 cm³/mol. The van der Waals surface area contributed by atoms with Gasteiger partial charge < -0.3 is 4.74 Å². The van der Waals surface area contributed by atoms with Crippen LogP contribution in [-0.4, -0.2) is 23.4 Å². The fourth-order valence-corrected chi connectivity index (χ4v) is 2.02. The van der Waals surface area contributed by atoms with Gasteiger partial charge in [-0.2, -0.15) is 0 Å². The molecule has 0 N–H and O–H groups in total. The molecule has 1 atom stereocenters. The lowest BCUT2D eigenvalue weighted by atomic mass is 10.0. The number of carbonyl (C=O) groups is 2. The highest BCUT2D eigenvalue weighted by Gasteiger charge is 2.18. The maximum atomic E-state index is 11.5. The number of carbonyl (C=O) groups excluding carboxylic acids is 2. The summed E-state index contributed by atoms with van der Waals surface area (Å²) in [5.74, 6) is 0.545. The Balaban J connectivity index is 3.91. The summed E-state index contributed by atoms with van der Waals surface area (Å²) in [4.78, 5) is 22.2. The predicted octanol–water partition coefficient (Wildman–Crippen LogP) is 2.64. The average Bonchev–Trinajstić information content (AvgIpc) is 2.16. The fraction of sp³-hybridized carbons (Fsp3) is 0.818. The Bertz CT molecular complexity index is 204. The van der Waals surface area contributed by atoms with Crippen molar-refractivity contribution >= 4 is 22.8 Å². The monoisotopic (exact) mass is 232 g/mol. The van der Waals surface area contributed by atoms with E-state index in [0.29, 0.717) is 12.4 Å². The zero-order chi connectivity index (χ0) is 11.7. The van der Waals surface area contributed by atoms with Gasteiger partial charge in [0.15, 0.2) is 5.12 Å². The van der Waals surface area contributed by atoms with E-state index in [1.807, 2.05) is 13.8 Å². The molecule has 0 aromatic heterocycles. The Morgan fingerprint density at radius 3 is 2.40 bits per heavy atom. The van der Waals surface area contributed by atoms with Crippen LogP contribution < -0.4 is 0 Å². The zero-order valence-electron chi connectivity index (χ0n) is 9.75. The summed E-state index contributed by atoms with van der Waals surface area (Å²) in [5, 5.41) is 0.106. The molecule has 0 fully saturated rings. The molecule has 0 amide bonds. The Kier molecular flexibility index (Phi) is 8.47. The van der Waals surface area contributed by atoms with Crippen molar-refractivity contribution in [1.29, 1.82) is 0 Å². The number of thioether (sulfide) groups is 1. The minimum Gasteiger partial charge on any atom is -0.466 e. The molecule has 4 heteroatoms. The lowest BCUT2D eigenvalue weighted by Gasteiger charge is -2.13. The second-order valence-electron chi connectivity index (χ2n) is 3.37. The highest BCUT2D eigenvalue weighted by Crippen LogP contribution is 2.17. The van der Waals surface area contributed by atoms with Gasteiger partial charge in [0, 0.05) is 12.7 Å². The average molecular weight is 232 g/mol. The van der Waals surface area contributed by atoms with Crippen molar-refractivity contribution < 1.29 is 14.3 Å². The second kappa shape index (κ2) is 8.77. The van der Waals surface area contributed by atoms with E-state index >= 15 is 0 Å². The van der Waals surface area contributed by atoms with Gasteiger partial charge in [0.2, 0.25) is 0 Å². The topological polar surface area (TPSA) is 43.4 Å². The molecule has 0 aliphatic rings. The van der Waals surface area contributed by atoms with Crippen LogP contribution in [-0.2, 0) is 14.3 Å². The first kappa shape index (κ1) is 14.5. The molecule has 0 saturated heterocycles. The summed E-state index contributed by atoms with van der Waals surface area (Å²) in [7, 11) is 0. The molecule has 0 heterocycles. The largest absolute Gasteiger partial charge is 0.466 e. The fourth-order valence-electron chi connectivity index (χ4n) is 1.33. The molecule has 3 nitrogen and oxygen atoms in total. The van der Waals surface area contributed by atoms with Crippen LogP contribution in [0.15, 0.2) is 0 Å². The van der Waals surface area contributed by atoms with Gasteiger partial charge in [-0.15, -0.1) is 0 Å². The van der Waals surface area contributed by atoms with Gasteiger partial charge in [-0.3, -0.25) is 9.59 Å². The van der Waals surface area contributed by atoms with Gasteiger partial charge in [0.05, 0.1) is 12.5 Å². The summed E-state index contributed by atoms with van der Waals surface area (Å²) < 4.78 is 4.98. The van der Waals surface area contributed by atoms with E-state index in [1.54, 1.807) is 6.92 Å². The molecule has 0 aliphatic heterocycles. The molecule has 0 aromatic rings. The zero-order valence-corrected chi connectivity index (χ0v) is 10.6. The molecule has 0 rings (SSSR count). The van der Waals surface area contributed by atoms with Crippen LogP contribution in [0.25, 0.3) is 0 Å². The lowest BCUT2D eigenvalue weighted by molar-refractivity contribution is -0.148. The van der Waals surface area contributed by atoms with Gasteiger partial charge >= 0.3 is 5.97 Å². The summed E-state index contributed by atoms with van der Waals surface area (Å²) >= 11 is 1.27. The minimum atomic E-state index is -0.122. The summed E-state index contributed by atoms with van der Waals surface area (Å²) in [6.07, 6.45) is 2.54. The Morgan fingerprint density at radius 2 is 1.93 bits per heavy atom. The van der Waals surface area contributed by atoms with Crippen LogP contribution in [0.1, 0.15) is 40.0 Å². The quantitative estimate of drug-likeness (QED) is 0.633. The molecule has 88 valence electrons. The first-order chi connectivity index (χ1) is 7.11. The van der Waals surface area contributed by atoms with Gasteiger partial charge in [-0.1, -0.05) is 25.1 Å². The molecule has 15 heavy (non-hydrogen) atoms. The molecule has 0 aliphatic carbocycles. The molecule has 0 saturated carbocycles. The van der Waals surface area contributed by atoms with E-state index in [0.717, 1.165) is 19.3 Å². The van der Waals surface area contributed by atoms with Crippen LogP contribution in [0.5, 0.6) is 0 Å². The van der Waals surface area contributed by atoms with Crippen LogP contribution in [0, 0.1) is 5.92 Å². The molecule has 0 unspecified atom stereocenters. The summed E-state index contributed by atoms with van der Waals surface area (Å²) in [6.45, 7) is 5.83. The van der Waals surface area contributed by atoms with Crippen molar-refractivity contribution in [2.24, 2.45) is 5.92 Å². The maximum Gasteiger partial charge on any atom is 0.308 e. The van der Waals surface area contributed by atoms with Crippen LogP contribution in [0.4, 0.5) is 0 Å². The normalized spacial score (nSPS) is 12.2. The summed E-state index contributed by atoms with van der Waals surface area (Å²) in [6, 6.07) is 0. The van der Waals surface area contributed by atoms with Gasteiger partial charge in [0.1, 0.15) is 0 Å². The number of hydrogen-bond donors (Lipinski definition) is 0. The molecular weight excluding hydrogens is 212 g/mol. The highest BCUT2D eigenvalue weighted by molar-refractivity contribution is 8.13. The highest BCUT2D eigenvalue weighted by atomic mass is 32.2. The molecule has 0 radical (unpaired) electrons. The summed E-state index contributed by atoms with van der Waals surface area (Å²) in [5.41, 5.74) is 0. The Hall–Kier alpha value is -0.510. The SMILES string of the molecule is CCC[C@H](CCSC(C)=O)C(=O)OCC. The van der Waals surface area contributed by atoms with Crippen molar-refractivity contribution in [2.75, 3.05) is 12.4 Å². The van der Waals surface area contributed by atoms with Gasteiger partial charge in [-0.25, -0.2) is 0 Å². The third kappa shape index (κ3) is 7.42. The lowest BCUT2D eigenvalue weighted by Crippen LogP contribution is -2.18. The second-order valence-corrected chi connectivity index (χ2v) is 4.64. The number of ether oxygens (including phenoxy) is 1. The smallest absolute Gasteiger partial charge is 0.308 e. The van der Waals surface area contributed by atoms with Gasteiger partial charge in [0.25, 0.3) is 0 Å². The van der Waals surface area contributed by atoms with Crippen molar-refractivity contribution in [3.63, 3.8) is 0 Å². The van der Waals surface area contributed by atoms with Crippen molar-refractivity contribution in [3.8, 4) is 0 Å². The van der Waals surface area contributed by atoms with Crippen LogP contribution in [0.3, 0.4) is 0 Å². The van der Waals surface area contributed by atoms with E-state index < -0.39 is 0 Å². The Labute approximate surface area is 95.9 Å². The van der Waals surface area contributed by atoms with Gasteiger partial charge in [-0.05, 0) is 19.8 Å². The standard InChI is InChI=1S/C11H20O3S/c1-4-6-10(11(13)14-5-2)7-8-15-9(3)12/h10H,4-8H2,1-3H3/t10-/m1/s1. The first-order valence-electron chi connectivity index (χ1n) is 5.41. The van der Waals surface area contributed by atoms with Crippen molar-refractivity contribution in [1.82, 2.24) is 0 Å². The Morgan fingerprint density at radius 1 is 1.27 bits per heavy atom. The van der Waals surface area contributed by atoms with E-state index in [4.69, 9.17) is 4.74 Å². The molecule has 0 spiro atoms. The maximum absolute atomic E-state index is 11.5. The van der Waals surface area contributed by atoms with Crippen LogP contribution >= 0.6 is 11.8 Å². The third-order valence-corrected chi connectivity index (χ3v) is 2.88.